The van der Waals surface area contributed by atoms with E-state index in [-0.39, 0.29) is 19.1 Å². The predicted molar refractivity (Wildman–Crippen MR) is 64.7 cm³/mol. The average molecular weight is 260 g/mol. The van der Waals surface area contributed by atoms with Crippen LogP contribution in [0, 0.1) is 5.41 Å². The van der Waals surface area contributed by atoms with Gasteiger partial charge < -0.3 is 25.8 Å². The average Bonchev–Trinajstić information content (AvgIpc) is 2.25. The van der Waals surface area contributed by atoms with E-state index in [4.69, 9.17) is 26.4 Å². The lowest BCUT2D eigenvalue weighted by Crippen LogP contribution is -2.38. The normalized spacial score (nSPS) is 13.3. The van der Waals surface area contributed by atoms with Gasteiger partial charge in [-0.3, -0.25) is 15.0 Å². The van der Waals surface area contributed by atoms with Gasteiger partial charge in [-0.2, -0.15) is 0 Å². The van der Waals surface area contributed by atoms with Gasteiger partial charge in [0.05, 0.1) is 0 Å². The van der Waals surface area contributed by atoms with Crippen molar-refractivity contribution < 1.29 is 19.1 Å². The van der Waals surface area contributed by atoms with Crippen LogP contribution in [0.4, 0.5) is 0 Å². The van der Waals surface area contributed by atoms with Crippen molar-refractivity contribution in [2.45, 2.75) is 26.0 Å². The van der Waals surface area contributed by atoms with Gasteiger partial charge in [0.15, 0.2) is 5.96 Å². The summed E-state index contributed by atoms with van der Waals surface area (Å²) in [5.41, 5.74) is 10.5. The van der Waals surface area contributed by atoms with Crippen molar-refractivity contribution in [3.05, 3.63) is 0 Å². The SMILES string of the molecule is CC(COC(=O)CN(C)C(=N)N)OC(=O)[C@H](C)N. The number of ether oxygens (including phenoxy) is 2. The van der Waals surface area contributed by atoms with Gasteiger partial charge in [-0.25, -0.2) is 0 Å². The lowest BCUT2D eigenvalue weighted by molar-refractivity contribution is -0.158. The summed E-state index contributed by atoms with van der Waals surface area (Å²) in [6.45, 7) is 2.89. The van der Waals surface area contributed by atoms with Gasteiger partial charge in [-0.1, -0.05) is 0 Å². The molecule has 8 nitrogen and oxygen atoms in total. The molecule has 0 heterocycles. The Morgan fingerprint density at radius 1 is 1.39 bits per heavy atom. The van der Waals surface area contributed by atoms with Gasteiger partial charge in [0.1, 0.15) is 25.3 Å². The molecule has 0 fully saturated rings. The summed E-state index contributed by atoms with van der Waals surface area (Å²) >= 11 is 0. The maximum atomic E-state index is 11.3. The zero-order chi connectivity index (χ0) is 14.3. The number of nitrogens with zero attached hydrogens (tertiary/aromatic N) is 1. The molecule has 0 aromatic heterocycles. The summed E-state index contributed by atoms with van der Waals surface area (Å²) in [6, 6.07) is -0.716. The molecule has 5 N–H and O–H groups in total. The highest BCUT2D eigenvalue weighted by Gasteiger charge is 2.16. The van der Waals surface area contributed by atoms with Crippen LogP contribution in [0.1, 0.15) is 13.8 Å². The van der Waals surface area contributed by atoms with Gasteiger partial charge in [0, 0.05) is 7.05 Å². The molecule has 0 amide bonds. The summed E-state index contributed by atoms with van der Waals surface area (Å²) in [5, 5.41) is 7.06. The second-order valence-corrected chi connectivity index (χ2v) is 3.96. The van der Waals surface area contributed by atoms with Crippen molar-refractivity contribution in [1.29, 1.82) is 5.41 Å². The second-order valence-electron chi connectivity index (χ2n) is 3.96. The number of guanidine groups is 1. The molecule has 0 aromatic carbocycles. The number of hydrogen-bond acceptors (Lipinski definition) is 6. The van der Waals surface area contributed by atoms with E-state index in [0.29, 0.717) is 0 Å². The molecule has 0 rings (SSSR count). The Bertz CT molecular complexity index is 319. The van der Waals surface area contributed by atoms with Crippen molar-refractivity contribution in [3.8, 4) is 0 Å². The van der Waals surface area contributed by atoms with Crippen LogP contribution >= 0.6 is 0 Å². The van der Waals surface area contributed by atoms with Crippen molar-refractivity contribution >= 4 is 17.9 Å². The Morgan fingerprint density at radius 2 is 1.94 bits per heavy atom. The maximum absolute atomic E-state index is 11.3. The molecular formula is C10H20N4O4. The third-order valence-corrected chi connectivity index (χ3v) is 1.95. The number of esters is 2. The van der Waals surface area contributed by atoms with Gasteiger partial charge in [0.2, 0.25) is 0 Å². The summed E-state index contributed by atoms with van der Waals surface area (Å²) in [4.78, 5) is 23.6. The third-order valence-electron chi connectivity index (χ3n) is 1.95. The highest BCUT2D eigenvalue weighted by molar-refractivity contribution is 5.81. The molecule has 0 radical (unpaired) electrons. The Morgan fingerprint density at radius 3 is 2.39 bits per heavy atom. The maximum Gasteiger partial charge on any atom is 0.325 e. The zero-order valence-corrected chi connectivity index (χ0v) is 10.8. The fourth-order valence-electron chi connectivity index (χ4n) is 0.874. The first kappa shape index (κ1) is 16.2. The summed E-state index contributed by atoms with van der Waals surface area (Å²) in [6.07, 6.45) is -0.574. The van der Waals surface area contributed by atoms with E-state index in [2.05, 4.69) is 0 Å². The first-order valence-corrected chi connectivity index (χ1v) is 5.41. The highest BCUT2D eigenvalue weighted by Crippen LogP contribution is 1.96. The minimum absolute atomic E-state index is 0.0664. The fourth-order valence-corrected chi connectivity index (χ4v) is 0.874. The number of rotatable bonds is 6. The van der Waals surface area contributed by atoms with E-state index < -0.39 is 24.1 Å². The number of nitrogens with two attached hydrogens (primary N) is 2. The fraction of sp³-hybridized carbons (Fsp3) is 0.700. The first-order valence-electron chi connectivity index (χ1n) is 5.41. The smallest absolute Gasteiger partial charge is 0.325 e. The van der Waals surface area contributed by atoms with Crippen molar-refractivity contribution in [1.82, 2.24) is 4.90 Å². The molecule has 1 unspecified atom stereocenters. The molecule has 0 aliphatic rings. The molecule has 2 atom stereocenters. The molecule has 0 saturated carbocycles. The Hall–Kier alpha value is -1.83. The monoisotopic (exact) mass is 260 g/mol. The Labute approximate surface area is 106 Å². The molecule has 8 heteroatoms. The van der Waals surface area contributed by atoms with E-state index >= 15 is 0 Å². The van der Waals surface area contributed by atoms with E-state index in [1.807, 2.05) is 0 Å². The first-order chi connectivity index (χ1) is 8.23. The molecule has 0 saturated heterocycles. The van der Waals surface area contributed by atoms with Gasteiger partial charge in [-0.05, 0) is 13.8 Å². The quantitative estimate of drug-likeness (QED) is 0.305. The van der Waals surface area contributed by atoms with Gasteiger partial charge in [-0.15, -0.1) is 0 Å². The second kappa shape index (κ2) is 7.49. The van der Waals surface area contributed by atoms with Crippen molar-refractivity contribution in [2.75, 3.05) is 20.2 Å². The third kappa shape index (κ3) is 6.69. The van der Waals surface area contributed by atoms with Crippen LogP contribution in [-0.2, 0) is 19.1 Å². The van der Waals surface area contributed by atoms with E-state index in [9.17, 15) is 9.59 Å². The van der Waals surface area contributed by atoms with E-state index in [0.717, 1.165) is 0 Å². The molecule has 0 aliphatic heterocycles. The Balaban J connectivity index is 3.92. The highest BCUT2D eigenvalue weighted by atomic mass is 16.6. The zero-order valence-electron chi connectivity index (χ0n) is 10.8. The summed E-state index contributed by atoms with van der Waals surface area (Å²) in [7, 11) is 1.49. The van der Waals surface area contributed by atoms with E-state index in [1.54, 1.807) is 6.92 Å². The van der Waals surface area contributed by atoms with Crippen molar-refractivity contribution in [3.63, 3.8) is 0 Å². The molecule has 18 heavy (non-hydrogen) atoms. The van der Waals surface area contributed by atoms with Crippen LogP contribution in [0.3, 0.4) is 0 Å². The summed E-state index contributed by atoms with van der Waals surface area (Å²) in [5.74, 6) is -1.35. The summed E-state index contributed by atoms with van der Waals surface area (Å²) < 4.78 is 9.75. The van der Waals surface area contributed by atoms with Gasteiger partial charge >= 0.3 is 11.9 Å². The Kier molecular flexibility index (Phi) is 6.73. The molecule has 0 spiro atoms. The minimum Gasteiger partial charge on any atom is -0.460 e. The minimum atomic E-state index is -0.716. The van der Waals surface area contributed by atoms with E-state index in [1.165, 1.54) is 18.9 Å². The van der Waals surface area contributed by atoms with Crippen LogP contribution in [0.25, 0.3) is 0 Å². The lowest BCUT2D eigenvalue weighted by atomic mass is 10.3. The molecule has 104 valence electrons. The van der Waals surface area contributed by atoms with Crippen LogP contribution in [0.15, 0.2) is 0 Å². The number of carbonyl (C=O) groups excluding carboxylic acids is 2. The predicted octanol–water partition coefficient (Wildman–Crippen LogP) is -1.37. The number of carbonyl (C=O) groups is 2. The van der Waals surface area contributed by atoms with Crippen LogP contribution in [0.2, 0.25) is 0 Å². The molecule has 0 bridgehead atoms. The van der Waals surface area contributed by atoms with Gasteiger partial charge in [0.25, 0.3) is 0 Å². The van der Waals surface area contributed by atoms with Crippen LogP contribution in [0.5, 0.6) is 0 Å². The largest absolute Gasteiger partial charge is 0.460 e. The molecular weight excluding hydrogens is 240 g/mol. The standard InChI is InChI=1S/C10H20N4O4/c1-6(18-9(16)7(2)11)5-17-8(15)4-14(3)10(12)13/h6-7H,4-5,11H2,1-3H3,(H3,12,13)/t6?,7-/m0/s1. The number of likely N-dealkylation sites (N-methyl/N-ethyl adjacent to an activating group) is 1. The molecule has 0 aromatic rings. The van der Waals surface area contributed by atoms with Crippen molar-refractivity contribution in [2.24, 2.45) is 11.5 Å². The topological polar surface area (TPSA) is 132 Å². The lowest BCUT2D eigenvalue weighted by Gasteiger charge is -2.17. The van der Waals surface area contributed by atoms with Crippen LogP contribution < -0.4 is 11.5 Å². The number of hydrogen-bond donors (Lipinski definition) is 3. The van der Waals surface area contributed by atoms with Crippen LogP contribution in [-0.4, -0.2) is 55.1 Å². The number of nitrogens with one attached hydrogen (secondary N) is 1. The molecule has 0 aliphatic carbocycles.